The Balaban J connectivity index is 1.87. The van der Waals surface area contributed by atoms with E-state index in [1.807, 2.05) is 0 Å². The fourth-order valence-electron chi connectivity index (χ4n) is 1.70. The van der Waals surface area contributed by atoms with Gasteiger partial charge in [0.2, 0.25) is 0 Å². The first-order valence-electron chi connectivity index (χ1n) is 6.40. The maximum Gasteiger partial charge on any atom is 0.257 e. The van der Waals surface area contributed by atoms with Gasteiger partial charge < -0.3 is 19.9 Å². The van der Waals surface area contributed by atoms with Gasteiger partial charge in [-0.15, -0.1) is 0 Å². The van der Waals surface area contributed by atoms with Crippen LogP contribution in [0.4, 0.5) is 0 Å². The Hall–Kier alpha value is -1.75. The van der Waals surface area contributed by atoms with Crippen LogP contribution in [0.2, 0.25) is 0 Å². The second-order valence-corrected chi connectivity index (χ2v) is 4.67. The number of rotatable bonds is 7. The van der Waals surface area contributed by atoms with E-state index in [1.54, 1.807) is 25.3 Å². The fourth-order valence-corrected chi connectivity index (χ4v) is 1.70. The lowest BCUT2D eigenvalue weighted by atomic mass is 10.2. The van der Waals surface area contributed by atoms with Gasteiger partial charge in [0.15, 0.2) is 6.61 Å². The molecule has 0 aromatic heterocycles. The molecule has 5 nitrogen and oxygen atoms in total. The van der Waals surface area contributed by atoms with Crippen LogP contribution in [0, 0.1) is 5.92 Å². The first kappa shape index (κ1) is 13.7. The number of amides is 1. The van der Waals surface area contributed by atoms with Crippen LogP contribution in [-0.4, -0.2) is 31.3 Å². The van der Waals surface area contributed by atoms with E-state index in [0.29, 0.717) is 23.0 Å². The van der Waals surface area contributed by atoms with Crippen molar-refractivity contribution in [3.05, 3.63) is 23.8 Å². The van der Waals surface area contributed by atoms with Gasteiger partial charge >= 0.3 is 0 Å². The number of ether oxygens (including phenoxy) is 2. The van der Waals surface area contributed by atoms with E-state index in [4.69, 9.17) is 9.47 Å². The summed E-state index contributed by atoms with van der Waals surface area (Å²) in [6, 6.07) is 5.13. The van der Waals surface area contributed by atoms with Gasteiger partial charge in [-0.2, -0.15) is 0 Å². The Labute approximate surface area is 112 Å². The number of hydrogen-bond donors (Lipinski definition) is 2. The van der Waals surface area contributed by atoms with Crippen molar-refractivity contribution >= 4 is 5.91 Å². The Kier molecular flexibility index (Phi) is 4.63. The molecule has 1 aliphatic rings. The van der Waals surface area contributed by atoms with Crippen LogP contribution in [0.1, 0.15) is 18.4 Å². The van der Waals surface area contributed by atoms with Gasteiger partial charge in [0, 0.05) is 18.2 Å². The van der Waals surface area contributed by atoms with E-state index in [2.05, 4.69) is 5.32 Å². The Morgan fingerprint density at radius 1 is 1.47 bits per heavy atom. The summed E-state index contributed by atoms with van der Waals surface area (Å²) in [6.07, 6.45) is 2.40. The number of hydrogen-bond acceptors (Lipinski definition) is 4. The first-order valence-corrected chi connectivity index (χ1v) is 6.40. The predicted octanol–water partition coefficient (Wildman–Crippen LogP) is 1.09. The van der Waals surface area contributed by atoms with Gasteiger partial charge in [0.25, 0.3) is 5.91 Å². The average Bonchev–Trinajstić information content (AvgIpc) is 3.26. The molecule has 1 saturated carbocycles. The highest BCUT2D eigenvalue weighted by atomic mass is 16.5. The second-order valence-electron chi connectivity index (χ2n) is 4.67. The molecular weight excluding hydrogens is 246 g/mol. The normalized spacial score (nSPS) is 14.0. The molecule has 1 fully saturated rings. The maximum atomic E-state index is 11.6. The van der Waals surface area contributed by atoms with Gasteiger partial charge in [0.1, 0.15) is 11.5 Å². The van der Waals surface area contributed by atoms with Crippen LogP contribution in [0.25, 0.3) is 0 Å². The zero-order valence-corrected chi connectivity index (χ0v) is 11.0. The summed E-state index contributed by atoms with van der Waals surface area (Å²) < 4.78 is 10.5. The van der Waals surface area contributed by atoms with E-state index in [1.165, 1.54) is 12.8 Å². The van der Waals surface area contributed by atoms with E-state index in [9.17, 15) is 9.90 Å². The van der Waals surface area contributed by atoms with Crippen LogP contribution < -0.4 is 14.8 Å². The van der Waals surface area contributed by atoms with Crippen molar-refractivity contribution in [3.63, 3.8) is 0 Å². The molecule has 2 rings (SSSR count). The Morgan fingerprint density at radius 2 is 2.26 bits per heavy atom. The van der Waals surface area contributed by atoms with Crippen LogP contribution in [0.15, 0.2) is 18.2 Å². The minimum atomic E-state index is -0.140. The number of carbonyl (C=O) groups is 1. The highest BCUT2D eigenvalue weighted by molar-refractivity contribution is 5.77. The molecule has 0 unspecified atom stereocenters. The van der Waals surface area contributed by atoms with Gasteiger partial charge in [-0.1, -0.05) is 0 Å². The average molecular weight is 265 g/mol. The molecule has 0 heterocycles. The molecule has 5 heteroatoms. The summed E-state index contributed by atoms with van der Waals surface area (Å²) in [5.41, 5.74) is 0.635. The van der Waals surface area contributed by atoms with Crippen LogP contribution in [-0.2, 0) is 11.4 Å². The molecule has 0 saturated heterocycles. The Bertz CT molecular complexity index is 443. The summed E-state index contributed by atoms with van der Waals surface area (Å²) in [6.45, 7) is 0.545. The molecule has 2 N–H and O–H groups in total. The molecule has 0 radical (unpaired) electrons. The molecule has 0 aliphatic heterocycles. The molecule has 0 bridgehead atoms. The minimum Gasteiger partial charge on any atom is -0.497 e. The highest BCUT2D eigenvalue weighted by Gasteiger charge is 2.21. The zero-order chi connectivity index (χ0) is 13.7. The smallest absolute Gasteiger partial charge is 0.257 e. The van der Waals surface area contributed by atoms with Gasteiger partial charge in [-0.25, -0.2) is 0 Å². The number of benzene rings is 1. The molecule has 1 aromatic carbocycles. The van der Waals surface area contributed by atoms with Crippen molar-refractivity contribution in [2.75, 3.05) is 20.3 Å². The fraction of sp³-hybridized carbons (Fsp3) is 0.500. The number of carbonyl (C=O) groups excluding carboxylic acids is 1. The number of methoxy groups -OCH3 is 1. The summed E-state index contributed by atoms with van der Waals surface area (Å²) in [7, 11) is 1.56. The molecule has 1 amide bonds. The van der Waals surface area contributed by atoms with E-state index < -0.39 is 0 Å². The lowest BCUT2D eigenvalue weighted by Gasteiger charge is -2.11. The van der Waals surface area contributed by atoms with Gasteiger partial charge in [-0.3, -0.25) is 4.79 Å². The molecule has 19 heavy (non-hydrogen) atoms. The summed E-state index contributed by atoms with van der Waals surface area (Å²) in [5.74, 6) is 1.61. The van der Waals surface area contributed by atoms with Crippen molar-refractivity contribution < 1.29 is 19.4 Å². The summed E-state index contributed by atoms with van der Waals surface area (Å²) in [5, 5.41) is 12.0. The van der Waals surface area contributed by atoms with Crippen LogP contribution in [0.5, 0.6) is 11.5 Å². The molecular formula is C14H19NO4. The van der Waals surface area contributed by atoms with E-state index in [-0.39, 0.29) is 19.1 Å². The zero-order valence-electron chi connectivity index (χ0n) is 11.0. The quantitative estimate of drug-likeness (QED) is 0.774. The van der Waals surface area contributed by atoms with Crippen molar-refractivity contribution in [3.8, 4) is 11.5 Å². The van der Waals surface area contributed by atoms with Gasteiger partial charge in [-0.05, 0) is 30.9 Å². The van der Waals surface area contributed by atoms with E-state index >= 15 is 0 Å². The largest absolute Gasteiger partial charge is 0.497 e. The standard InChI is InChI=1S/C14H19NO4/c1-18-12-5-4-11(8-16)13(6-12)19-9-14(17)15-7-10-2-3-10/h4-6,10,16H,2-3,7-9H2,1H3,(H,15,17). The highest BCUT2D eigenvalue weighted by Crippen LogP contribution is 2.27. The third kappa shape index (κ3) is 4.13. The minimum absolute atomic E-state index is 0.0487. The summed E-state index contributed by atoms with van der Waals surface area (Å²) in [4.78, 5) is 11.6. The van der Waals surface area contributed by atoms with Crippen molar-refractivity contribution in [2.45, 2.75) is 19.4 Å². The second kappa shape index (κ2) is 6.43. The van der Waals surface area contributed by atoms with Crippen LogP contribution >= 0.6 is 0 Å². The predicted molar refractivity (Wildman–Crippen MR) is 70.1 cm³/mol. The SMILES string of the molecule is COc1ccc(CO)c(OCC(=O)NCC2CC2)c1. The molecule has 0 spiro atoms. The number of aliphatic hydroxyl groups is 1. The van der Waals surface area contributed by atoms with Crippen LogP contribution in [0.3, 0.4) is 0 Å². The van der Waals surface area contributed by atoms with Gasteiger partial charge in [0.05, 0.1) is 13.7 Å². The van der Waals surface area contributed by atoms with E-state index in [0.717, 1.165) is 6.54 Å². The third-order valence-electron chi connectivity index (χ3n) is 3.09. The molecule has 0 atom stereocenters. The summed E-state index contributed by atoms with van der Waals surface area (Å²) >= 11 is 0. The lowest BCUT2D eigenvalue weighted by molar-refractivity contribution is -0.123. The van der Waals surface area contributed by atoms with Crippen molar-refractivity contribution in [2.24, 2.45) is 5.92 Å². The number of aliphatic hydroxyl groups excluding tert-OH is 1. The number of nitrogens with one attached hydrogen (secondary N) is 1. The maximum absolute atomic E-state index is 11.6. The third-order valence-corrected chi connectivity index (χ3v) is 3.09. The monoisotopic (exact) mass is 265 g/mol. The molecule has 1 aliphatic carbocycles. The van der Waals surface area contributed by atoms with Crippen molar-refractivity contribution in [1.82, 2.24) is 5.32 Å². The lowest BCUT2D eigenvalue weighted by Crippen LogP contribution is -2.30. The Morgan fingerprint density at radius 3 is 2.89 bits per heavy atom. The first-order chi connectivity index (χ1) is 9.22. The van der Waals surface area contributed by atoms with Crippen molar-refractivity contribution in [1.29, 1.82) is 0 Å². The molecule has 1 aromatic rings. The topological polar surface area (TPSA) is 67.8 Å². The molecule has 104 valence electrons.